The predicted molar refractivity (Wildman–Crippen MR) is 74.2 cm³/mol. The molecule has 0 radical (unpaired) electrons. The number of alkyl halides is 1. The Hall–Kier alpha value is -0.300. The second-order valence-electron chi connectivity index (χ2n) is 5.33. The quantitative estimate of drug-likeness (QED) is 0.680. The van der Waals surface area contributed by atoms with E-state index >= 15 is 0 Å². The van der Waals surface area contributed by atoms with Gasteiger partial charge in [-0.3, -0.25) is 0 Å². The molecular formula is C15H21Br. The number of aryl methyl sites for hydroxylation is 2. The highest BCUT2D eigenvalue weighted by Crippen LogP contribution is 2.32. The highest BCUT2D eigenvalue weighted by molar-refractivity contribution is 9.09. The van der Waals surface area contributed by atoms with Crippen molar-refractivity contribution in [3.05, 3.63) is 34.9 Å². The Balaban J connectivity index is 2.16. The predicted octanol–water partition coefficient (Wildman–Crippen LogP) is 5.05. The van der Waals surface area contributed by atoms with E-state index in [1.165, 1.54) is 37.7 Å². The summed E-state index contributed by atoms with van der Waals surface area (Å²) in [4.78, 5) is 0.528. The molecule has 0 fully saturated rings. The molecule has 88 valence electrons. The first-order chi connectivity index (χ1) is 7.66. The largest absolute Gasteiger partial charge is 0.0839 e. The summed E-state index contributed by atoms with van der Waals surface area (Å²) in [5, 5.41) is 0. The summed E-state index contributed by atoms with van der Waals surface area (Å²) in [6.45, 7) is 4.57. The molecule has 1 aliphatic rings. The zero-order valence-electron chi connectivity index (χ0n) is 10.3. The molecule has 0 amide bonds. The fraction of sp³-hybridized carbons (Fsp3) is 0.600. The van der Waals surface area contributed by atoms with E-state index in [2.05, 4.69) is 48.0 Å². The molecule has 0 saturated heterocycles. The average molecular weight is 281 g/mol. The molecule has 2 rings (SSSR count). The number of hydrogen-bond acceptors (Lipinski definition) is 0. The van der Waals surface area contributed by atoms with Crippen molar-refractivity contribution in [2.45, 2.75) is 50.8 Å². The van der Waals surface area contributed by atoms with Crippen LogP contribution in [0.2, 0.25) is 0 Å². The third kappa shape index (κ3) is 2.88. The highest BCUT2D eigenvalue weighted by atomic mass is 79.9. The number of hydrogen-bond donors (Lipinski definition) is 0. The lowest BCUT2D eigenvalue weighted by molar-refractivity contribution is 0.582. The first kappa shape index (κ1) is 12.2. The van der Waals surface area contributed by atoms with E-state index in [9.17, 15) is 0 Å². The molecule has 16 heavy (non-hydrogen) atoms. The van der Waals surface area contributed by atoms with Gasteiger partial charge in [0.1, 0.15) is 0 Å². The molecule has 0 aliphatic heterocycles. The lowest BCUT2D eigenvalue weighted by Gasteiger charge is -2.19. The van der Waals surface area contributed by atoms with Gasteiger partial charge in [-0.05, 0) is 54.7 Å². The lowest BCUT2D eigenvalue weighted by Crippen LogP contribution is -2.04. The van der Waals surface area contributed by atoms with Crippen molar-refractivity contribution < 1.29 is 0 Å². The summed E-state index contributed by atoms with van der Waals surface area (Å²) in [7, 11) is 0. The molecule has 0 nitrogen and oxygen atoms in total. The van der Waals surface area contributed by atoms with E-state index in [1.54, 1.807) is 11.1 Å². The van der Waals surface area contributed by atoms with Gasteiger partial charge in [-0.1, -0.05) is 48.0 Å². The maximum atomic E-state index is 3.81. The van der Waals surface area contributed by atoms with Crippen molar-refractivity contribution >= 4 is 15.9 Å². The first-order valence-electron chi connectivity index (χ1n) is 6.42. The molecule has 0 N–H and O–H groups in total. The van der Waals surface area contributed by atoms with Crippen LogP contribution in [0.5, 0.6) is 0 Å². The maximum Gasteiger partial charge on any atom is 0.0397 e. The van der Waals surface area contributed by atoms with Crippen molar-refractivity contribution in [3.63, 3.8) is 0 Å². The molecule has 1 heteroatoms. The van der Waals surface area contributed by atoms with Crippen molar-refractivity contribution in [1.82, 2.24) is 0 Å². The number of benzene rings is 1. The van der Waals surface area contributed by atoms with Gasteiger partial charge in [0, 0.05) is 4.83 Å². The van der Waals surface area contributed by atoms with Crippen molar-refractivity contribution in [3.8, 4) is 0 Å². The molecule has 0 aromatic heterocycles. The Bertz CT molecular complexity index is 354. The molecule has 0 spiro atoms. The summed E-state index contributed by atoms with van der Waals surface area (Å²) in [5.41, 5.74) is 4.64. The molecule has 1 unspecified atom stereocenters. The summed E-state index contributed by atoms with van der Waals surface area (Å²) < 4.78 is 0. The van der Waals surface area contributed by atoms with E-state index in [1.807, 2.05) is 0 Å². The topological polar surface area (TPSA) is 0 Å². The molecular weight excluding hydrogens is 260 g/mol. The SMILES string of the molecule is CC(C)CC(Br)c1ccc2c(c1)CCCC2. The van der Waals surface area contributed by atoms with Gasteiger partial charge in [0.2, 0.25) is 0 Å². The van der Waals surface area contributed by atoms with E-state index in [0.29, 0.717) is 4.83 Å². The van der Waals surface area contributed by atoms with Crippen LogP contribution in [-0.4, -0.2) is 0 Å². The van der Waals surface area contributed by atoms with Crippen molar-refractivity contribution in [2.75, 3.05) is 0 Å². The minimum absolute atomic E-state index is 0.528. The Kier molecular flexibility index (Phi) is 4.07. The Morgan fingerprint density at radius 1 is 1.12 bits per heavy atom. The van der Waals surface area contributed by atoms with Crippen molar-refractivity contribution in [1.29, 1.82) is 0 Å². The third-order valence-electron chi connectivity index (χ3n) is 3.41. The Labute approximate surface area is 108 Å². The van der Waals surface area contributed by atoms with Gasteiger partial charge in [0.05, 0.1) is 0 Å². The first-order valence-corrected chi connectivity index (χ1v) is 7.34. The number of fused-ring (bicyclic) bond motifs is 1. The highest BCUT2D eigenvalue weighted by Gasteiger charge is 2.14. The monoisotopic (exact) mass is 280 g/mol. The molecule has 1 aromatic carbocycles. The molecule has 1 aliphatic carbocycles. The van der Waals surface area contributed by atoms with Crippen LogP contribution in [-0.2, 0) is 12.8 Å². The van der Waals surface area contributed by atoms with Crippen LogP contribution < -0.4 is 0 Å². The second kappa shape index (κ2) is 5.35. The van der Waals surface area contributed by atoms with Crippen LogP contribution in [0, 0.1) is 5.92 Å². The number of halogens is 1. The summed E-state index contributed by atoms with van der Waals surface area (Å²) >= 11 is 3.81. The van der Waals surface area contributed by atoms with Gasteiger partial charge in [0.15, 0.2) is 0 Å². The van der Waals surface area contributed by atoms with Crippen LogP contribution in [0.1, 0.15) is 54.6 Å². The van der Waals surface area contributed by atoms with Crippen LogP contribution >= 0.6 is 15.9 Å². The second-order valence-corrected chi connectivity index (χ2v) is 6.44. The van der Waals surface area contributed by atoms with Gasteiger partial charge >= 0.3 is 0 Å². The van der Waals surface area contributed by atoms with Crippen LogP contribution in [0.3, 0.4) is 0 Å². The van der Waals surface area contributed by atoms with Crippen LogP contribution in [0.25, 0.3) is 0 Å². The standard InChI is InChI=1S/C15H21Br/c1-11(2)9-15(16)14-8-7-12-5-3-4-6-13(12)10-14/h7-8,10-11,15H,3-6,9H2,1-2H3. The van der Waals surface area contributed by atoms with Gasteiger partial charge in [-0.15, -0.1) is 0 Å². The fourth-order valence-corrected chi connectivity index (χ4v) is 3.53. The van der Waals surface area contributed by atoms with E-state index in [4.69, 9.17) is 0 Å². The van der Waals surface area contributed by atoms with Crippen molar-refractivity contribution in [2.24, 2.45) is 5.92 Å². The zero-order valence-corrected chi connectivity index (χ0v) is 11.9. The molecule has 1 atom stereocenters. The number of rotatable bonds is 3. The maximum absolute atomic E-state index is 3.81. The summed E-state index contributed by atoms with van der Waals surface area (Å²) in [5.74, 6) is 0.750. The smallest absolute Gasteiger partial charge is 0.0397 e. The molecule has 0 bridgehead atoms. The van der Waals surface area contributed by atoms with Gasteiger partial charge < -0.3 is 0 Å². The Morgan fingerprint density at radius 3 is 2.50 bits per heavy atom. The van der Waals surface area contributed by atoms with Gasteiger partial charge in [0.25, 0.3) is 0 Å². The van der Waals surface area contributed by atoms with Gasteiger partial charge in [-0.25, -0.2) is 0 Å². The normalized spacial score (nSPS) is 17.2. The van der Waals surface area contributed by atoms with Gasteiger partial charge in [-0.2, -0.15) is 0 Å². The fourth-order valence-electron chi connectivity index (χ4n) is 2.50. The third-order valence-corrected chi connectivity index (χ3v) is 4.32. The minimum Gasteiger partial charge on any atom is -0.0839 e. The zero-order chi connectivity index (χ0) is 11.5. The van der Waals surface area contributed by atoms with Crippen LogP contribution in [0.4, 0.5) is 0 Å². The van der Waals surface area contributed by atoms with Crippen LogP contribution in [0.15, 0.2) is 18.2 Å². The summed E-state index contributed by atoms with van der Waals surface area (Å²) in [6.07, 6.45) is 6.53. The van der Waals surface area contributed by atoms with E-state index < -0.39 is 0 Å². The molecule has 0 heterocycles. The van der Waals surface area contributed by atoms with E-state index in [0.717, 1.165) is 5.92 Å². The average Bonchev–Trinajstić information content (AvgIpc) is 2.27. The minimum atomic E-state index is 0.528. The Morgan fingerprint density at radius 2 is 1.81 bits per heavy atom. The lowest BCUT2D eigenvalue weighted by atomic mass is 9.89. The molecule has 1 aromatic rings. The van der Waals surface area contributed by atoms with E-state index in [-0.39, 0.29) is 0 Å². The molecule has 0 saturated carbocycles. The summed E-state index contributed by atoms with van der Waals surface area (Å²) in [6, 6.07) is 7.08.